The van der Waals surface area contributed by atoms with Gasteiger partial charge in [0.05, 0.1) is 13.2 Å². The first kappa shape index (κ1) is 13.3. The first-order valence-corrected chi connectivity index (χ1v) is 5.09. The lowest BCUT2D eigenvalue weighted by Gasteiger charge is -2.18. The third kappa shape index (κ3) is 11.3. The molecule has 0 aromatic carbocycles. The highest BCUT2D eigenvalue weighted by Gasteiger charge is 2.10. The number of ether oxygens (including phenoxy) is 2. The molecule has 0 aliphatic heterocycles. The molecule has 0 amide bonds. The number of rotatable bonds is 4. The molecule has 2 nitrogen and oxygen atoms in total. The van der Waals surface area contributed by atoms with Crippen molar-refractivity contribution in [3.05, 3.63) is 12.5 Å². The average Bonchev–Trinajstić information content (AvgIpc) is 1.92. The molecule has 0 radical (unpaired) electrons. The molecule has 0 aromatic heterocycles. The SMILES string of the molecule is CC(C)(C)CO/C=C/OCC(C)(C)C. The number of hydrogen-bond acceptors (Lipinski definition) is 2. The molecule has 0 heterocycles. The molecule has 0 fully saturated rings. The average molecular weight is 200 g/mol. The Morgan fingerprint density at radius 3 is 1.21 bits per heavy atom. The normalized spacial score (nSPS) is 13.3. The highest BCUT2D eigenvalue weighted by molar-refractivity contribution is 4.68. The van der Waals surface area contributed by atoms with E-state index in [0.717, 1.165) is 0 Å². The van der Waals surface area contributed by atoms with Gasteiger partial charge in [-0.25, -0.2) is 0 Å². The van der Waals surface area contributed by atoms with Crippen LogP contribution in [0, 0.1) is 10.8 Å². The molecule has 0 aromatic rings. The Kier molecular flexibility index (Phi) is 5.03. The Bertz CT molecular complexity index is 150. The van der Waals surface area contributed by atoms with Crippen LogP contribution < -0.4 is 0 Å². The lowest BCUT2D eigenvalue weighted by molar-refractivity contribution is 0.120. The predicted molar refractivity (Wildman–Crippen MR) is 60.0 cm³/mol. The van der Waals surface area contributed by atoms with Gasteiger partial charge < -0.3 is 9.47 Å². The quantitative estimate of drug-likeness (QED) is 0.646. The molecule has 0 N–H and O–H groups in total. The zero-order valence-corrected chi connectivity index (χ0v) is 10.4. The van der Waals surface area contributed by atoms with E-state index in [9.17, 15) is 0 Å². The van der Waals surface area contributed by atoms with E-state index in [2.05, 4.69) is 41.5 Å². The van der Waals surface area contributed by atoms with E-state index >= 15 is 0 Å². The molecule has 0 spiro atoms. The van der Waals surface area contributed by atoms with Crippen LogP contribution in [0.15, 0.2) is 12.5 Å². The molecular weight excluding hydrogens is 176 g/mol. The summed E-state index contributed by atoms with van der Waals surface area (Å²) < 4.78 is 10.6. The van der Waals surface area contributed by atoms with Crippen LogP contribution in [0.2, 0.25) is 0 Å². The molecule has 0 saturated carbocycles. The lowest BCUT2D eigenvalue weighted by atomic mass is 9.99. The highest BCUT2D eigenvalue weighted by atomic mass is 16.5. The smallest absolute Gasteiger partial charge is 0.117 e. The van der Waals surface area contributed by atoms with Gasteiger partial charge in [-0.05, 0) is 10.8 Å². The second-order valence-electron chi connectivity index (χ2n) is 6.02. The van der Waals surface area contributed by atoms with Crippen molar-refractivity contribution >= 4 is 0 Å². The van der Waals surface area contributed by atoms with Gasteiger partial charge in [-0.15, -0.1) is 0 Å². The van der Waals surface area contributed by atoms with Gasteiger partial charge in [0.2, 0.25) is 0 Å². The van der Waals surface area contributed by atoms with E-state index in [1.54, 1.807) is 12.5 Å². The van der Waals surface area contributed by atoms with Crippen LogP contribution in [0.3, 0.4) is 0 Å². The van der Waals surface area contributed by atoms with Gasteiger partial charge in [0.15, 0.2) is 0 Å². The maximum Gasteiger partial charge on any atom is 0.117 e. The summed E-state index contributed by atoms with van der Waals surface area (Å²) in [6.07, 6.45) is 3.24. The van der Waals surface area contributed by atoms with E-state index in [-0.39, 0.29) is 10.8 Å². The molecule has 0 unspecified atom stereocenters. The summed E-state index contributed by atoms with van der Waals surface area (Å²) in [5, 5.41) is 0. The van der Waals surface area contributed by atoms with E-state index < -0.39 is 0 Å². The Morgan fingerprint density at radius 2 is 1.00 bits per heavy atom. The van der Waals surface area contributed by atoms with Gasteiger partial charge in [-0.1, -0.05) is 41.5 Å². The molecule has 2 heteroatoms. The summed E-state index contributed by atoms with van der Waals surface area (Å²) in [5.41, 5.74) is 0.405. The second-order valence-corrected chi connectivity index (χ2v) is 6.02. The molecular formula is C12H24O2. The van der Waals surface area contributed by atoms with Crippen molar-refractivity contribution in [2.24, 2.45) is 10.8 Å². The minimum absolute atomic E-state index is 0.203. The zero-order chi connectivity index (χ0) is 11.2. The maximum absolute atomic E-state index is 5.31. The van der Waals surface area contributed by atoms with Crippen LogP contribution in [-0.4, -0.2) is 13.2 Å². The molecule has 84 valence electrons. The van der Waals surface area contributed by atoms with Crippen molar-refractivity contribution in [3.63, 3.8) is 0 Å². The van der Waals surface area contributed by atoms with E-state index in [0.29, 0.717) is 13.2 Å². The van der Waals surface area contributed by atoms with Gasteiger partial charge >= 0.3 is 0 Å². The third-order valence-corrected chi connectivity index (χ3v) is 1.28. The minimum Gasteiger partial charge on any atom is -0.497 e. The van der Waals surface area contributed by atoms with Crippen LogP contribution in [0.25, 0.3) is 0 Å². The van der Waals surface area contributed by atoms with E-state index in [1.165, 1.54) is 0 Å². The van der Waals surface area contributed by atoms with E-state index in [4.69, 9.17) is 9.47 Å². The maximum atomic E-state index is 5.31. The fourth-order valence-electron chi connectivity index (χ4n) is 0.675. The fourth-order valence-corrected chi connectivity index (χ4v) is 0.675. The Balaban J connectivity index is 3.47. The predicted octanol–water partition coefficient (Wildman–Crippen LogP) is 3.58. The molecule has 0 aliphatic carbocycles. The van der Waals surface area contributed by atoms with Crippen molar-refractivity contribution in [1.29, 1.82) is 0 Å². The third-order valence-electron chi connectivity index (χ3n) is 1.28. The summed E-state index contributed by atoms with van der Waals surface area (Å²) in [5.74, 6) is 0. The van der Waals surface area contributed by atoms with Crippen LogP contribution in [-0.2, 0) is 9.47 Å². The van der Waals surface area contributed by atoms with Crippen LogP contribution in [0.4, 0.5) is 0 Å². The van der Waals surface area contributed by atoms with Gasteiger partial charge in [-0.3, -0.25) is 0 Å². The summed E-state index contributed by atoms with van der Waals surface area (Å²) in [6, 6.07) is 0. The van der Waals surface area contributed by atoms with E-state index in [1.807, 2.05) is 0 Å². The van der Waals surface area contributed by atoms with Crippen molar-refractivity contribution in [2.45, 2.75) is 41.5 Å². The molecule has 0 atom stereocenters. The summed E-state index contributed by atoms with van der Waals surface area (Å²) in [6.45, 7) is 14.2. The molecule has 14 heavy (non-hydrogen) atoms. The first-order valence-electron chi connectivity index (χ1n) is 5.09. The van der Waals surface area contributed by atoms with Crippen molar-refractivity contribution in [3.8, 4) is 0 Å². The minimum atomic E-state index is 0.203. The largest absolute Gasteiger partial charge is 0.497 e. The topological polar surface area (TPSA) is 18.5 Å². The lowest BCUT2D eigenvalue weighted by Crippen LogP contribution is -2.13. The number of hydrogen-bond donors (Lipinski definition) is 0. The Morgan fingerprint density at radius 1 is 0.714 bits per heavy atom. The first-order chi connectivity index (χ1) is 6.21. The fraction of sp³-hybridized carbons (Fsp3) is 0.833. The van der Waals surface area contributed by atoms with Gasteiger partial charge in [-0.2, -0.15) is 0 Å². The molecule has 0 saturated heterocycles. The zero-order valence-electron chi connectivity index (χ0n) is 10.4. The van der Waals surface area contributed by atoms with Crippen LogP contribution >= 0.6 is 0 Å². The van der Waals surface area contributed by atoms with Crippen molar-refractivity contribution in [2.75, 3.05) is 13.2 Å². The summed E-state index contributed by atoms with van der Waals surface area (Å²) in [4.78, 5) is 0. The molecule has 0 rings (SSSR count). The van der Waals surface area contributed by atoms with Gasteiger partial charge in [0.25, 0.3) is 0 Å². The van der Waals surface area contributed by atoms with Gasteiger partial charge in [0.1, 0.15) is 12.5 Å². The standard InChI is InChI=1S/C12H24O2/c1-11(2,3)9-13-7-8-14-10-12(4,5)6/h7-8H,9-10H2,1-6H3/b8-7+. The van der Waals surface area contributed by atoms with Crippen LogP contribution in [0.1, 0.15) is 41.5 Å². The highest BCUT2D eigenvalue weighted by Crippen LogP contribution is 2.14. The van der Waals surface area contributed by atoms with Gasteiger partial charge in [0, 0.05) is 0 Å². The Hall–Kier alpha value is -0.660. The Labute approximate surface area is 88.3 Å². The van der Waals surface area contributed by atoms with Crippen LogP contribution in [0.5, 0.6) is 0 Å². The monoisotopic (exact) mass is 200 g/mol. The van der Waals surface area contributed by atoms with Crippen molar-refractivity contribution < 1.29 is 9.47 Å². The second kappa shape index (κ2) is 5.28. The van der Waals surface area contributed by atoms with Crippen molar-refractivity contribution in [1.82, 2.24) is 0 Å². The molecule has 0 aliphatic rings. The summed E-state index contributed by atoms with van der Waals surface area (Å²) in [7, 11) is 0. The molecule has 0 bridgehead atoms. The summed E-state index contributed by atoms with van der Waals surface area (Å²) >= 11 is 0.